The van der Waals surface area contributed by atoms with Crippen LogP contribution in [0.1, 0.15) is 29.4 Å². The molecule has 29 heavy (non-hydrogen) atoms. The van der Waals surface area contributed by atoms with Crippen molar-refractivity contribution in [2.45, 2.75) is 24.4 Å². The van der Waals surface area contributed by atoms with Crippen molar-refractivity contribution >= 4 is 28.2 Å². The molecule has 0 bridgehead atoms. The highest BCUT2D eigenvalue weighted by atomic mass is 35.5. The largest absolute Gasteiger partial charge is 0.483 e. The summed E-state index contributed by atoms with van der Waals surface area (Å²) in [5.41, 5.74) is 3.19. The summed E-state index contributed by atoms with van der Waals surface area (Å²) < 4.78 is 44.8. The molecule has 3 heterocycles. The second-order valence-electron chi connectivity index (χ2n) is 7.06. The van der Waals surface area contributed by atoms with E-state index in [4.69, 9.17) is 16.3 Å². The van der Waals surface area contributed by atoms with Crippen LogP contribution in [0.5, 0.6) is 5.75 Å². The molecule has 2 atom stereocenters. The van der Waals surface area contributed by atoms with Crippen molar-refractivity contribution < 1.29 is 17.9 Å². The third-order valence-corrected chi connectivity index (χ3v) is 5.26. The second kappa shape index (κ2) is 6.59. The Morgan fingerprint density at radius 3 is 2.83 bits per heavy atom. The first-order valence-corrected chi connectivity index (χ1v) is 9.35. The topological polar surface area (TPSA) is 52.3 Å². The van der Waals surface area contributed by atoms with Crippen molar-refractivity contribution in [2.24, 2.45) is 0 Å². The fourth-order valence-corrected chi connectivity index (χ4v) is 3.95. The Morgan fingerprint density at radius 2 is 2.00 bits per heavy atom. The first-order valence-electron chi connectivity index (χ1n) is 8.97. The molecule has 9 heteroatoms. The average molecular weight is 419 g/mol. The van der Waals surface area contributed by atoms with Gasteiger partial charge in [0, 0.05) is 29.5 Å². The summed E-state index contributed by atoms with van der Waals surface area (Å²) in [5, 5.41) is 5.11. The molecule has 0 saturated heterocycles. The SMILES string of the molecule is FC(F)(F)COc1cc([C@H]2C[C@@H]2c2cc(Cl)nn3ccnc23)cc2ncccc12. The Bertz CT molecular complexity index is 1220. The predicted octanol–water partition coefficient (Wildman–Crippen LogP) is 5.14. The predicted molar refractivity (Wildman–Crippen MR) is 101 cm³/mol. The van der Waals surface area contributed by atoms with Gasteiger partial charge in [0.05, 0.1) is 5.52 Å². The summed E-state index contributed by atoms with van der Waals surface area (Å²) in [7, 11) is 0. The summed E-state index contributed by atoms with van der Waals surface area (Å²) in [6, 6.07) is 8.78. The quantitative estimate of drug-likeness (QED) is 0.460. The maximum atomic E-state index is 12.7. The Labute approximate surface area is 168 Å². The normalized spacial score (nSPS) is 19.0. The third-order valence-electron chi connectivity index (χ3n) is 5.07. The van der Waals surface area contributed by atoms with Crippen molar-refractivity contribution in [3.63, 3.8) is 0 Å². The number of hydrogen-bond donors (Lipinski definition) is 0. The molecular weight excluding hydrogens is 405 g/mol. The molecule has 0 N–H and O–H groups in total. The average Bonchev–Trinajstić information content (AvgIpc) is 3.34. The lowest BCUT2D eigenvalue weighted by molar-refractivity contribution is -0.153. The maximum absolute atomic E-state index is 12.7. The molecule has 0 aliphatic heterocycles. The Hall–Kier alpha value is -2.87. The summed E-state index contributed by atoms with van der Waals surface area (Å²) in [4.78, 5) is 8.65. The van der Waals surface area contributed by atoms with Crippen LogP contribution in [0.15, 0.2) is 48.9 Å². The monoisotopic (exact) mass is 418 g/mol. The number of pyridine rings is 1. The van der Waals surface area contributed by atoms with E-state index >= 15 is 0 Å². The molecule has 1 aliphatic carbocycles. The van der Waals surface area contributed by atoms with Gasteiger partial charge in [0.25, 0.3) is 0 Å². The zero-order valence-corrected chi connectivity index (χ0v) is 15.7. The van der Waals surface area contributed by atoms with E-state index < -0.39 is 12.8 Å². The molecule has 1 fully saturated rings. The number of imidazole rings is 1. The highest BCUT2D eigenvalue weighted by molar-refractivity contribution is 6.29. The molecule has 1 saturated carbocycles. The van der Waals surface area contributed by atoms with Crippen LogP contribution in [0.25, 0.3) is 16.6 Å². The van der Waals surface area contributed by atoms with Crippen LogP contribution in [0, 0.1) is 0 Å². The summed E-state index contributed by atoms with van der Waals surface area (Å²) in [6.45, 7) is -1.34. The first kappa shape index (κ1) is 18.2. The Balaban J connectivity index is 1.52. The molecule has 0 spiro atoms. The number of fused-ring (bicyclic) bond motifs is 2. The molecule has 1 aliphatic rings. The van der Waals surface area contributed by atoms with Crippen molar-refractivity contribution in [2.75, 3.05) is 6.61 Å². The van der Waals surface area contributed by atoms with Gasteiger partial charge in [-0.15, -0.1) is 0 Å². The number of aromatic nitrogens is 4. The standard InChI is InChI=1S/C20H14ClF3N4O/c21-18-9-15(19-26-4-5-28(19)27-18)14-8-13(14)11-6-16-12(2-1-3-25-16)17(7-11)29-10-20(22,23)24/h1-7,9,13-14H,8,10H2/t13-,14+/m1/s1. The van der Waals surface area contributed by atoms with Crippen LogP contribution >= 0.6 is 11.6 Å². The lowest BCUT2D eigenvalue weighted by atomic mass is 10.0. The maximum Gasteiger partial charge on any atom is 0.422 e. The van der Waals surface area contributed by atoms with Crippen LogP contribution in [-0.4, -0.2) is 32.4 Å². The minimum Gasteiger partial charge on any atom is -0.483 e. The van der Waals surface area contributed by atoms with Crippen LogP contribution in [0.3, 0.4) is 0 Å². The van der Waals surface area contributed by atoms with E-state index in [-0.39, 0.29) is 17.6 Å². The number of nitrogens with zero attached hydrogens (tertiary/aromatic N) is 4. The smallest absolute Gasteiger partial charge is 0.422 e. The third kappa shape index (κ3) is 3.48. The number of ether oxygens (including phenoxy) is 1. The molecule has 148 valence electrons. The van der Waals surface area contributed by atoms with Gasteiger partial charge in [-0.25, -0.2) is 9.50 Å². The molecule has 4 aromatic rings. The van der Waals surface area contributed by atoms with E-state index in [2.05, 4.69) is 15.1 Å². The van der Waals surface area contributed by atoms with Gasteiger partial charge in [-0.05, 0) is 54.2 Å². The number of rotatable bonds is 4. The molecule has 5 rings (SSSR count). The van der Waals surface area contributed by atoms with Crippen molar-refractivity contribution in [1.29, 1.82) is 0 Å². The van der Waals surface area contributed by atoms with Crippen molar-refractivity contribution in [1.82, 2.24) is 19.6 Å². The van der Waals surface area contributed by atoms with Gasteiger partial charge >= 0.3 is 6.18 Å². The number of alkyl halides is 3. The Kier molecular flexibility index (Phi) is 4.13. The van der Waals surface area contributed by atoms with Gasteiger partial charge in [-0.1, -0.05) is 11.6 Å². The summed E-state index contributed by atoms with van der Waals surface area (Å²) >= 11 is 6.14. The lowest BCUT2D eigenvalue weighted by Gasteiger charge is -2.13. The molecule has 0 unspecified atom stereocenters. The second-order valence-corrected chi connectivity index (χ2v) is 7.45. The Morgan fingerprint density at radius 1 is 1.14 bits per heavy atom. The van der Waals surface area contributed by atoms with E-state index in [1.807, 2.05) is 6.07 Å². The van der Waals surface area contributed by atoms with Gasteiger partial charge in [-0.2, -0.15) is 18.3 Å². The van der Waals surface area contributed by atoms with E-state index in [0.717, 1.165) is 23.2 Å². The number of hydrogen-bond acceptors (Lipinski definition) is 4. The van der Waals surface area contributed by atoms with Gasteiger partial charge in [0.2, 0.25) is 0 Å². The van der Waals surface area contributed by atoms with Crippen LogP contribution < -0.4 is 4.74 Å². The zero-order chi connectivity index (χ0) is 20.2. The summed E-state index contributed by atoms with van der Waals surface area (Å²) in [6.07, 6.45) is 1.42. The molecule has 0 radical (unpaired) electrons. The fourth-order valence-electron chi connectivity index (χ4n) is 3.75. The number of benzene rings is 1. The van der Waals surface area contributed by atoms with Crippen LogP contribution in [0.4, 0.5) is 13.2 Å². The van der Waals surface area contributed by atoms with Gasteiger partial charge in [-0.3, -0.25) is 4.98 Å². The molecule has 1 aromatic carbocycles. The van der Waals surface area contributed by atoms with E-state index in [9.17, 15) is 13.2 Å². The van der Waals surface area contributed by atoms with E-state index in [1.165, 1.54) is 0 Å². The fraction of sp³-hybridized carbons (Fsp3) is 0.250. The van der Waals surface area contributed by atoms with Crippen molar-refractivity contribution in [3.8, 4) is 5.75 Å². The highest BCUT2D eigenvalue weighted by Crippen LogP contribution is 2.56. The minimum absolute atomic E-state index is 0.119. The van der Waals surface area contributed by atoms with Gasteiger partial charge < -0.3 is 4.74 Å². The highest BCUT2D eigenvalue weighted by Gasteiger charge is 2.42. The van der Waals surface area contributed by atoms with E-state index in [0.29, 0.717) is 16.1 Å². The zero-order valence-electron chi connectivity index (χ0n) is 14.9. The first-order chi connectivity index (χ1) is 13.9. The number of halogens is 4. The van der Waals surface area contributed by atoms with Gasteiger partial charge in [0.15, 0.2) is 12.3 Å². The summed E-state index contributed by atoms with van der Waals surface area (Å²) in [5.74, 6) is 0.456. The van der Waals surface area contributed by atoms with Crippen LogP contribution in [-0.2, 0) is 0 Å². The van der Waals surface area contributed by atoms with Crippen molar-refractivity contribution in [3.05, 3.63) is 65.2 Å². The molecular formula is C20H14ClF3N4O. The minimum atomic E-state index is -4.41. The van der Waals surface area contributed by atoms with E-state index in [1.54, 1.807) is 47.4 Å². The molecule has 3 aromatic heterocycles. The van der Waals surface area contributed by atoms with Gasteiger partial charge in [0.1, 0.15) is 10.9 Å². The molecule has 5 nitrogen and oxygen atoms in total. The van der Waals surface area contributed by atoms with Crippen LogP contribution in [0.2, 0.25) is 5.15 Å². The lowest BCUT2D eigenvalue weighted by Crippen LogP contribution is -2.19. The molecule has 0 amide bonds.